The van der Waals surface area contributed by atoms with Gasteiger partial charge in [-0.05, 0) is 64.7 Å². The summed E-state index contributed by atoms with van der Waals surface area (Å²) in [6.45, 7) is 8.40. The van der Waals surface area contributed by atoms with Gasteiger partial charge in [-0.1, -0.05) is 25.5 Å². The third kappa shape index (κ3) is 5.14. The molecule has 0 aromatic carbocycles. The third-order valence-corrected chi connectivity index (χ3v) is 13.3. The Morgan fingerprint density at radius 1 is 0.915 bits per heavy atom. The van der Waals surface area contributed by atoms with Crippen molar-refractivity contribution in [2.75, 3.05) is 7.11 Å². The van der Waals surface area contributed by atoms with Crippen molar-refractivity contribution in [2.24, 2.45) is 22.7 Å². The molecule has 13 nitrogen and oxygen atoms in total. The van der Waals surface area contributed by atoms with Gasteiger partial charge < -0.3 is 59.4 Å². The van der Waals surface area contributed by atoms with E-state index in [1.165, 1.54) is 14.0 Å². The SMILES string of the molecule is COC1C(O)C(C)OC(OC2C(O)CC(OC3CCC4(C)C(=CCC5(O)C4C(O)C(O)C4(C)C(C(C)=O)CCC54O)C3)OC2C)C1O. The van der Waals surface area contributed by atoms with E-state index in [0.717, 1.165) is 5.57 Å². The molecule has 3 saturated carbocycles. The number of aliphatic hydroxyl groups excluding tert-OH is 5. The Bertz CT molecular complexity index is 1220. The maximum absolute atomic E-state index is 12.6. The van der Waals surface area contributed by atoms with Crippen molar-refractivity contribution >= 4 is 5.78 Å². The Labute approximate surface area is 275 Å². The van der Waals surface area contributed by atoms with E-state index < -0.39 is 101 Å². The summed E-state index contributed by atoms with van der Waals surface area (Å²) in [6, 6.07) is 0. The van der Waals surface area contributed by atoms with E-state index in [4.69, 9.17) is 23.7 Å². The number of fused-ring (bicyclic) bond motifs is 5. The minimum absolute atomic E-state index is 0.0686. The molecule has 0 bridgehead atoms. The Balaban J connectivity index is 1.13. The lowest BCUT2D eigenvalue weighted by molar-refractivity contribution is -0.342. The van der Waals surface area contributed by atoms with Gasteiger partial charge in [-0.15, -0.1) is 0 Å². The number of carbonyl (C=O) groups is 1. The number of hydrogen-bond acceptors (Lipinski definition) is 13. The Kier molecular flexibility index (Phi) is 9.36. The topological polar surface area (TPSA) is 205 Å². The zero-order chi connectivity index (χ0) is 34.4. The lowest BCUT2D eigenvalue weighted by atomic mass is 9.42. The number of methoxy groups -OCH3 is 1. The van der Waals surface area contributed by atoms with Crippen molar-refractivity contribution in [2.45, 2.75) is 164 Å². The normalized spacial score (nSPS) is 56.2. The van der Waals surface area contributed by atoms with Crippen LogP contribution in [0.1, 0.15) is 79.6 Å². The third-order valence-electron chi connectivity index (χ3n) is 13.3. The molecule has 6 aliphatic rings. The second-order valence-electron chi connectivity index (χ2n) is 15.6. The zero-order valence-electron chi connectivity index (χ0n) is 28.2. The predicted molar refractivity (Wildman–Crippen MR) is 163 cm³/mol. The number of ketones is 1. The molecule has 6 rings (SSSR count). The van der Waals surface area contributed by atoms with Gasteiger partial charge in [0.25, 0.3) is 0 Å². The first-order valence-corrected chi connectivity index (χ1v) is 17.1. The average molecular weight is 671 g/mol. The minimum atomic E-state index is -1.76. The number of hydrogen-bond donors (Lipinski definition) is 7. The molecule has 18 atom stereocenters. The summed E-state index contributed by atoms with van der Waals surface area (Å²) in [4.78, 5) is 12.6. The van der Waals surface area contributed by atoms with Gasteiger partial charge in [0.1, 0.15) is 41.4 Å². The van der Waals surface area contributed by atoms with Crippen molar-refractivity contribution in [3.8, 4) is 0 Å². The summed E-state index contributed by atoms with van der Waals surface area (Å²) in [5.74, 6) is -1.72. The molecule has 2 saturated heterocycles. The quantitative estimate of drug-likeness (QED) is 0.187. The maximum Gasteiger partial charge on any atom is 0.187 e. The van der Waals surface area contributed by atoms with Crippen LogP contribution >= 0.6 is 0 Å². The fourth-order valence-electron chi connectivity index (χ4n) is 10.6. The molecule has 268 valence electrons. The van der Waals surface area contributed by atoms with Crippen LogP contribution in [0, 0.1) is 22.7 Å². The van der Waals surface area contributed by atoms with E-state index in [0.29, 0.717) is 25.7 Å². The summed E-state index contributed by atoms with van der Waals surface area (Å²) in [6.07, 6.45) is -7.20. The highest BCUT2D eigenvalue weighted by atomic mass is 16.7. The van der Waals surface area contributed by atoms with Crippen molar-refractivity contribution in [3.63, 3.8) is 0 Å². The first kappa shape index (κ1) is 35.7. The number of ether oxygens (including phenoxy) is 5. The fraction of sp³-hybridized carbons (Fsp3) is 0.912. The largest absolute Gasteiger partial charge is 0.390 e. The minimum Gasteiger partial charge on any atom is -0.390 e. The predicted octanol–water partition coefficient (Wildman–Crippen LogP) is 0.0736. The van der Waals surface area contributed by atoms with Crippen LogP contribution in [0.3, 0.4) is 0 Å². The van der Waals surface area contributed by atoms with E-state index >= 15 is 0 Å². The van der Waals surface area contributed by atoms with Crippen molar-refractivity contribution in [1.82, 2.24) is 0 Å². The van der Waals surface area contributed by atoms with Crippen LogP contribution in [0.2, 0.25) is 0 Å². The molecule has 0 aromatic heterocycles. The van der Waals surface area contributed by atoms with Gasteiger partial charge in [-0.2, -0.15) is 0 Å². The van der Waals surface area contributed by atoms with E-state index in [1.54, 1.807) is 20.8 Å². The molecule has 2 aliphatic heterocycles. The second kappa shape index (κ2) is 12.3. The highest BCUT2D eigenvalue weighted by molar-refractivity contribution is 5.80. The molecule has 5 fully saturated rings. The summed E-state index contributed by atoms with van der Waals surface area (Å²) < 4.78 is 29.4. The van der Waals surface area contributed by atoms with Crippen LogP contribution in [0.5, 0.6) is 0 Å². The van der Waals surface area contributed by atoms with Crippen LogP contribution in [-0.4, -0.2) is 133 Å². The number of Topliss-reactive ketones (excluding diaryl/α,β-unsaturated/α-hetero) is 1. The van der Waals surface area contributed by atoms with E-state index in [9.17, 15) is 40.5 Å². The van der Waals surface area contributed by atoms with E-state index in [-0.39, 0.29) is 31.1 Å². The molecule has 2 heterocycles. The van der Waals surface area contributed by atoms with Crippen LogP contribution < -0.4 is 0 Å². The second-order valence-corrected chi connectivity index (χ2v) is 15.6. The van der Waals surface area contributed by atoms with Crippen molar-refractivity contribution in [1.29, 1.82) is 0 Å². The van der Waals surface area contributed by atoms with Gasteiger partial charge in [-0.3, -0.25) is 4.79 Å². The van der Waals surface area contributed by atoms with Crippen molar-refractivity contribution < 1.29 is 64.2 Å². The van der Waals surface area contributed by atoms with Gasteiger partial charge in [0.2, 0.25) is 0 Å². The highest BCUT2D eigenvalue weighted by Crippen LogP contribution is 2.69. The summed E-state index contributed by atoms with van der Waals surface area (Å²) in [5.41, 5.74) is -4.69. The Morgan fingerprint density at radius 2 is 1.62 bits per heavy atom. The highest BCUT2D eigenvalue weighted by Gasteiger charge is 2.78. The smallest absolute Gasteiger partial charge is 0.187 e. The summed E-state index contributed by atoms with van der Waals surface area (Å²) >= 11 is 0. The van der Waals surface area contributed by atoms with E-state index in [2.05, 4.69) is 0 Å². The number of rotatable bonds is 6. The lowest BCUT2D eigenvalue weighted by Crippen LogP contribution is -2.79. The van der Waals surface area contributed by atoms with E-state index in [1.807, 2.05) is 13.0 Å². The molecular formula is C34H54O13. The van der Waals surface area contributed by atoms with Gasteiger partial charge in [0.05, 0.1) is 36.6 Å². The first-order valence-electron chi connectivity index (χ1n) is 17.1. The molecule has 0 amide bonds. The molecular weight excluding hydrogens is 616 g/mol. The molecule has 18 unspecified atom stereocenters. The molecule has 4 aliphatic carbocycles. The summed E-state index contributed by atoms with van der Waals surface area (Å²) in [7, 11) is 1.38. The molecule has 7 N–H and O–H groups in total. The standard InChI is InChI=1S/C34H54O13/c1-15(35)20-9-12-34(42)32(20,5)29(40)25(39)28-31(4)10-8-19(13-18(31)7-11-33(28,34)41)46-22-14-21(36)26(17(3)44-22)47-30-24(38)27(43-6)23(37)16(2)45-30/h7,16-17,19-30,36-42H,8-14H2,1-6H3. The first-order chi connectivity index (χ1) is 21.9. The van der Waals surface area contributed by atoms with Gasteiger partial charge in [0, 0.05) is 30.8 Å². The fourth-order valence-corrected chi connectivity index (χ4v) is 10.6. The maximum atomic E-state index is 12.6. The Hall–Kier alpha value is -1.07. The number of carbonyl (C=O) groups excluding carboxylic acids is 1. The molecule has 47 heavy (non-hydrogen) atoms. The van der Waals surface area contributed by atoms with Crippen LogP contribution in [0.15, 0.2) is 11.6 Å². The average Bonchev–Trinajstić information content (AvgIpc) is 3.30. The molecule has 13 heteroatoms. The zero-order valence-corrected chi connectivity index (χ0v) is 28.2. The van der Waals surface area contributed by atoms with Crippen LogP contribution in [0.4, 0.5) is 0 Å². The van der Waals surface area contributed by atoms with Gasteiger partial charge in [0.15, 0.2) is 12.6 Å². The summed E-state index contributed by atoms with van der Waals surface area (Å²) in [5, 5.41) is 79.8. The van der Waals surface area contributed by atoms with Crippen LogP contribution in [-0.2, 0) is 28.5 Å². The molecule has 0 aromatic rings. The van der Waals surface area contributed by atoms with Gasteiger partial charge >= 0.3 is 0 Å². The van der Waals surface area contributed by atoms with Crippen molar-refractivity contribution in [3.05, 3.63) is 11.6 Å². The number of aliphatic hydroxyl groups is 7. The van der Waals surface area contributed by atoms with Crippen LogP contribution in [0.25, 0.3) is 0 Å². The van der Waals surface area contributed by atoms with Gasteiger partial charge in [-0.25, -0.2) is 0 Å². The lowest BCUT2D eigenvalue weighted by Gasteiger charge is -2.67. The molecule has 0 spiro atoms. The monoisotopic (exact) mass is 670 g/mol. The Morgan fingerprint density at radius 3 is 2.26 bits per heavy atom. The molecule has 0 radical (unpaired) electrons.